The molecule has 2 aromatic rings. The van der Waals surface area contributed by atoms with Crippen LogP contribution in [-0.2, 0) is 16.9 Å². The number of hydrogen-bond donors (Lipinski definition) is 3. The summed E-state index contributed by atoms with van der Waals surface area (Å²) in [5.74, 6) is -2.59. The van der Waals surface area contributed by atoms with Gasteiger partial charge in [0.1, 0.15) is 22.0 Å². The molecule has 0 fully saturated rings. The van der Waals surface area contributed by atoms with E-state index in [-0.39, 0.29) is 28.3 Å². The first-order valence-corrected chi connectivity index (χ1v) is 11.7. The molecule has 1 amide bonds. The fourth-order valence-corrected chi connectivity index (χ4v) is 4.69. The van der Waals surface area contributed by atoms with Crippen LogP contribution in [0.4, 0.5) is 14.5 Å². The number of aryl methyl sites for hydroxylation is 2. The third-order valence-corrected chi connectivity index (χ3v) is 8.10. The van der Waals surface area contributed by atoms with E-state index in [4.69, 9.17) is 11.1 Å². The van der Waals surface area contributed by atoms with E-state index in [0.29, 0.717) is 0 Å². The number of nitrogens with zero attached hydrogens (tertiary/aromatic N) is 2. The van der Waals surface area contributed by atoms with Crippen LogP contribution in [0.15, 0.2) is 29.3 Å². The van der Waals surface area contributed by atoms with Gasteiger partial charge in [0.15, 0.2) is 9.84 Å². The lowest BCUT2D eigenvalue weighted by molar-refractivity contribution is -0.0501. The molecule has 0 aliphatic carbocycles. The third-order valence-electron chi connectivity index (χ3n) is 5.39. The highest BCUT2D eigenvalue weighted by atomic mass is 32.2. The molecule has 13 heteroatoms. The molecule has 34 heavy (non-hydrogen) atoms. The SMILES string of the molecule is Cc1cc(OC(F)F)cnc1C(=O)Nc1cc(C(C)CS(=O)(=O)C(C)(C)C(=N)N)c(=O)n(C)c1. The second kappa shape index (κ2) is 9.87. The van der Waals surface area contributed by atoms with Crippen molar-refractivity contribution in [3.8, 4) is 5.75 Å². The minimum atomic E-state index is -3.89. The van der Waals surface area contributed by atoms with Gasteiger partial charge in [0.05, 0.1) is 17.6 Å². The number of ether oxygens (including phenoxy) is 1. The zero-order valence-electron chi connectivity index (χ0n) is 19.3. The molecule has 1 unspecified atom stereocenters. The molecular formula is C21H27F2N5O5S. The summed E-state index contributed by atoms with van der Waals surface area (Å²) in [6.45, 7) is 2.65. The Kier molecular flexibility index (Phi) is 7.81. The van der Waals surface area contributed by atoms with Crippen molar-refractivity contribution >= 4 is 27.3 Å². The highest BCUT2D eigenvalue weighted by molar-refractivity contribution is 7.93. The number of alkyl halides is 2. The summed E-state index contributed by atoms with van der Waals surface area (Å²) in [6.07, 6.45) is 2.35. The van der Waals surface area contributed by atoms with Crippen molar-refractivity contribution in [3.63, 3.8) is 0 Å². The standard InChI is InChI=1S/C21H27F2N5O5S/c1-11-6-14(33-20(22)23)8-26-16(11)17(29)27-13-7-15(18(30)28(5)9-13)12(2)10-34(31,32)21(3,4)19(24)25/h6-9,12,20H,10H2,1-5H3,(H3,24,25)(H,27,29). The lowest BCUT2D eigenvalue weighted by Gasteiger charge is -2.25. The van der Waals surface area contributed by atoms with Crippen molar-refractivity contribution in [1.29, 1.82) is 5.41 Å². The molecule has 186 valence electrons. The number of amides is 1. The van der Waals surface area contributed by atoms with Gasteiger partial charge in [0, 0.05) is 24.7 Å². The second-order valence-electron chi connectivity index (χ2n) is 8.38. The first kappa shape index (κ1) is 26.9. The summed E-state index contributed by atoms with van der Waals surface area (Å²) in [4.78, 5) is 29.2. The predicted molar refractivity (Wildman–Crippen MR) is 123 cm³/mol. The first-order chi connectivity index (χ1) is 15.6. The maximum absolute atomic E-state index is 12.8. The Labute approximate surface area is 195 Å². The molecule has 1 atom stereocenters. The van der Waals surface area contributed by atoms with Crippen molar-refractivity contribution in [2.75, 3.05) is 11.1 Å². The lowest BCUT2D eigenvalue weighted by Crippen LogP contribution is -2.46. The van der Waals surface area contributed by atoms with Crippen LogP contribution in [0.5, 0.6) is 5.75 Å². The number of amidine groups is 1. The van der Waals surface area contributed by atoms with Crippen LogP contribution in [-0.4, -0.2) is 46.8 Å². The number of nitrogens with one attached hydrogen (secondary N) is 2. The van der Waals surface area contributed by atoms with Gasteiger partial charge in [-0.25, -0.2) is 13.4 Å². The van der Waals surface area contributed by atoms with Gasteiger partial charge in [-0.1, -0.05) is 6.92 Å². The van der Waals surface area contributed by atoms with Gasteiger partial charge >= 0.3 is 6.61 Å². The van der Waals surface area contributed by atoms with Crippen LogP contribution in [0.1, 0.15) is 48.3 Å². The molecule has 4 N–H and O–H groups in total. The zero-order chi connectivity index (χ0) is 26.0. The minimum absolute atomic E-state index is 0.0455. The van der Waals surface area contributed by atoms with Crippen LogP contribution in [0.25, 0.3) is 0 Å². The number of carbonyl (C=O) groups excluding carboxylic acids is 1. The van der Waals surface area contributed by atoms with Gasteiger partial charge < -0.3 is 20.4 Å². The number of halogens is 2. The smallest absolute Gasteiger partial charge is 0.387 e. The number of sulfone groups is 1. The summed E-state index contributed by atoms with van der Waals surface area (Å²) in [6, 6.07) is 2.61. The number of rotatable bonds is 9. The first-order valence-electron chi connectivity index (χ1n) is 10.1. The molecule has 2 heterocycles. The maximum Gasteiger partial charge on any atom is 0.387 e. The monoisotopic (exact) mass is 499 g/mol. The van der Waals surface area contributed by atoms with E-state index >= 15 is 0 Å². The van der Waals surface area contributed by atoms with Gasteiger partial charge in [0.25, 0.3) is 11.5 Å². The fourth-order valence-electron chi connectivity index (χ4n) is 3.10. The van der Waals surface area contributed by atoms with Gasteiger partial charge in [0.2, 0.25) is 0 Å². The third kappa shape index (κ3) is 5.76. The lowest BCUT2D eigenvalue weighted by atomic mass is 10.0. The quantitative estimate of drug-likeness (QED) is 0.352. The van der Waals surface area contributed by atoms with Gasteiger partial charge in [-0.15, -0.1) is 0 Å². The van der Waals surface area contributed by atoms with Crippen molar-refractivity contribution < 1.29 is 26.7 Å². The number of pyridine rings is 2. The fraction of sp³-hybridized carbons (Fsp3) is 0.429. The zero-order valence-corrected chi connectivity index (χ0v) is 20.2. The van der Waals surface area contributed by atoms with E-state index in [9.17, 15) is 26.8 Å². The summed E-state index contributed by atoms with van der Waals surface area (Å²) in [5, 5.41) is 10.1. The normalized spacial score (nSPS) is 12.9. The largest absolute Gasteiger partial charge is 0.433 e. The average Bonchev–Trinajstić information content (AvgIpc) is 2.69. The predicted octanol–water partition coefficient (Wildman–Crippen LogP) is 2.18. The summed E-state index contributed by atoms with van der Waals surface area (Å²) in [7, 11) is -2.45. The van der Waals surface area contributed by atoms with Crippen LogP contribution in [0.2, 0.25) is 0 Å². The Balaban J connectivity index is 2.33. The van der Waals surface area contributed by atoms with Crippen molar-refractivity contribution in [1.82, 2.24) is 9.55 Å². The van der Waals surface area contributed by atoms with E-state index in [2.05, 4.69) is 15.0 Å². The highest BCUT2D eigenvalue weighted by Gasteiger charge is 2.38. The van der Waals surface area contributed by atoms with Crippen LogP contribution >= 0.6 is 0 Å². The second-order valence-corrected chi connectivity index (χ2v) is 11.0. The molecule has 0 saturated carbocycles. The Morgan fingerprint density at radius 2 is 1.97 bits per heavy atom. The number of aromatic nitrogens is 2. The molecule has 2 rings (SSSR count). The molecule has 0 bridgehead atoms. The number of hydrogen-bond acceptors (Lipinski definition) is 7. The van der Waals surface area contributed by atoms with E-state index < -0.39 is 50.2 Å². The van der Waals surface area contributed by atoms with Crippen molar-refractivity contribution in [2.45, 2.75) is 45.0 Å². The van der Waals surface area contributed by atoms with Gasteiger partial charge in [-0.2, -0.15) is 8.78 Å². The van der Waals surface area contributed by atoms with Crippen LogP contribution < -0.4 is 21.3 Å². The summed E-state index contributed by atoms with van der Waals surface area (Å²) in [5.41, 5.74) is 5.56. The van der Waals surface area contributed by atoms with Crippen LogP contribution in [0, 0.1) is 12.3 Å². The molecule has 0 aromatic carbocycles. The molecule has 0 aliphatic heterocycles. The molecule has 0 spiro atoms. The topological polar surface area (TPSA) is 157 Å². The Morgan fingerprint density at radius 3 is 2.50 bits per heavy atom. The molecule has 10 nitrogen and oxygen atoms in total. The molecular weight excluding hydrogens is 472 g/mol. The number of anilines is 1. The Bertz CT molecular complexity index is 1270. The van der Waals surface area contributed by atoms with Gasteiger partial charge in [-0.3, -0.25) is 15.0 Å². The molecule has 0 radical (unpaired) electrons. The van der Waals surface area contributed by atoms with Crippen LogP contribution in [0.3, 0.4) is 0 Å². The highest BCUT2D eigenvalue weighted by Crippen LogP contribution is 2.25. The van der Waals surface area contributed by atoms with E-state index in [0.717, 1.165) is 6.20 Å². The maximum atomic E-state index is 12.8. The van der Waals surface area contributed by atoms with E-state index in [1.54, 1.807) is 6.92 Å². The van der Waals surface area contributed by atoms with E-state index in [1.165, 1.54) is 50.7 Å². The van der Waals surface area contributed by atoms with Crippen molar-refractivity contribution in [3.05, 3.63) is 51.7 Å². The Morgan fingerprint density at radius 1 is 1.35 bits per heavy atom. The summed E-state index contributed by atoms with van der Waals surface area (Å²) >= 11 is 0. The molecule has 2 aromatic heterocycles. The Hall–Kier alpha value is -3.35. The number of carbonyl (C=O) groups is 1. The summed E-state index contributed by atoms with van der Waals surface area (Å²) < 4.78 is 54.2. The van der Waals surface area contributed by atoms with Gasteiger partial charge in [-0.05, 0) is 38.5 Å². The van der Waals surface area contributed by atoms with E-state index in [1.807, 2.05) is 0 Å². The van der Waals surface area contributed by atoms with Crippen molar-refractivity contribution in [2.24, 2.45) is 12.8 Å². The average molecular weight is 500 g/mol. The molecule has 0 saturated heterocycles. The molecule has 0 aliphatic rings. The number of nitrogens with two attached hydrogens (primary N) is 1. The minimum Gasteiger partial charge on any atom is -0.433 e.